The average Bonchev–Trinajstić information content (AvgIpc) is 2.65. The maximum absolute atomic E-state index is 14.9. The molecule has 3 rings (SSSR count). The zero-order valence-corrected chi connectivity index (χ0v) is 14.7. The van der Waals surface area contributed by atoms with Crippen molar-refractivity contribution in [2.24, 2.45) is 0 Å². The quantitative estimate of drug-likeness (QED) is 0.391. The minimum atomic E-state index is -5.42. The van der Waals surface area contributed by atoms with Gasteiger partial charge in [0.15, 0.2) is 34.6 Å². The summed E-state index contributed by atoms with van der Waals surface area (Å²) in [6.45, 7) is 0. The van der Waals surface area contributed by atoms with Crippen molar-refractivity contribution in [3.8, 4) is 23.0 Å². The molecule has 0 heterocycles. The first-order valence-electron chi connectivity index (χ1n) is 8.03. The maximum Gasteiger partial charge on any atom is 0.422 e. The molecule has 11 heteroatoms. The second kappa shape index (κ2) is 7.65. The van der Waals surface area contributed by atoms with Gasteiger partial charge in [0.2, 0.25) is 5.82 Å². The van der Waals surface area contributed by atoms with E-state index in [1.54, 1.807) is 0 Å². The monoisotopic (exact) mass is 432 g/mol. The van der Waals surface area contributed by atoms with Crippen LogP contribution in [0.25, 0.3) is 0 Å². The van der Waals surface area contributed by atoms with Crippen molar-refractivity contribution in [1.82, 2.24) is 0 Å². The summed E-state index contributed by atoms with van der Waals surface area (Å²) in [7, 11) is 0. The van der Waals surface area contributed by atoms with Crippen LogP contribution in [0.4, 0.5) is 42.1 Å². The standard InChI is InChI=1S/C19H11F7N2O2/c20-8-7-13(29-11-5-1-3-9(27)15(11)21)17(23)18(14(8)19(24,25)26)30-12-6-2-4-10(28)16(12)22/h1-7H,27-28H2. The Bertz CT molecular complexity index is 1120. The maximum atomic E-state index is 14.9. The summed E-state index contributed by atoms with van der Waals surface area (Å²) < 4.78 is 107. The zero-order chi connectivity index (χ0) is 22.2. The van der Waals surface area contributed by atoms with Gasteiger partial charge in [-0.3, -0.25) is 0 Å². The lowest BCUT2D eigenvalue weighted by Gasteiger charge is -2.18. The van der Waals surface area contributed by atoms with Crippen molar-refractivity contribution in [2.45, 2.75) is 6.18 Å². The Morgan fingerprint density at radius 3 is 1.67 bits per heavy atom. The van der Waals surface area contributed by atoms with Gasteiger partial charge < -0.3 is 20.9 Å². The van der Waals surface area contributed by atoms with E-state index in [0.717, 1.165) is 30.3 Å². The van der Waals surface area contributed by atoms with Crippen molar-refractivity contribution in [3.63, 3.8) is 0 Å². The molecule has 0 fully saturated rings. The second-order valence-electron chi connectivity index (χ2n) is 5.90. The van der Waals surface area contributed by atoms with E-state index in [1.165, 1.54) is 6.07 Å². The normalized spacial score (nSPS) is 11.4. The van der Waals surface area contributed by atoms with E-state index in [-0.39, 0.29) is 6.07 Å². The first-order chi connectivity index (χ1) is 14.0. The fourth-order valence-corrected chi connectivity index (χ4v) is 2.46. The van der Waals surface area contributed by atoms with E-state index in [4.69, 9.17) is 20.9 Å². The Morgan fingerprint density at radius 1 is 0.667 bits per heavy atom. The third-order valence-corrected chi connectivity index (χ3v) is 3.84. The van der Waals surface area contributed by atoms with Gasteiger partial charge in [0.25, 0.3) is 0 Å². The Hall–Kier alpha value is -3.63. The summed E-state index contributed by atoms with van der Waals surface area (Å²) in [6, 6.07) is 6.45. The molecule has 0 unspecified atom stereocenters. The van der Waals surface area contributed by atoms with Crippen molar-refractivity contribution < 1.29 is 40.2 Å². The first-order valence-corrected chi connectivity index (χ1v) is 8.03. The molecule has 0 radical (unpaired) electrons. The zero-order valence-electron chi connectivity index (χ0n) is 14.7. The molecule has 3 aromatic rings. The third kappa shape index (κ3) is 3.91. The SMILES string of the molecule is Nc1cccc(Oc2cc(F)c(C(F)(F)F)c(Oc3cccc(N)c3F)c2F)c1F. The predicted octanol–water partition coefficient (Wildman–Crippen LogP) is 6.01. The number of rotatable bonds is 4. The summed E-state index contributed by atoms with van der Waals surface area (Å²) in [5.41, 5.74) is 7.58. The summed E-state index contributed by atoms with van der Waals surface area (Å²) in [5, 5.41) is 0. The van der Waals surface area contributed by atoms with E-state index >= 15 is 0 Å². The molecule has 0 atom stereocenters. The van der Waals surface area contributed by atoms with E-state index in [2.05, 4.69) is 0 Å². The van der Waals surface area contributed by atoms with Crippen LogP contribution in [0.1, 0.15) is 5.56 Å². The van der Waals surface area contributed by atoms with Crippen LogP contribution in [-0.2, 0) is 6.18 Å². The Labute approximate surface area is 164 Å². The molecule has 3 aromatic carbocycles. The Morgan fingerprint density at radius 2 is 1.17 bits per heavy atom. The van der Waals surface area contributed by atoms with Crippen LogP contribution in [-0.4, -0.2) is 0 Å². The highest BCUT2D eigenvalue weighted by Gasteiger charge is 2.41. The molecule has 0 saturated carbocycles. The van der Waals surface area contributed by atoms with Gasteiger partial charge in [-0.15, -0.1) is 0 Å². The molecule has 0 aliphatic carbocycles. The number of hydrogen-bond donors (Lipinski definition) is 2. The molecular formula is C19H11F7N2O2. The molecule has 0 aliphatic rings. The molecule has 158 valence electrons. The number of benzene rings is 3. The molecule has 0 aromatic heterocycles. The molecule has 4 N–H and O–H groups in total. The lowest BCUT2D eigenvalue weighted by Crippen LogP contribution is -2.13. The first kappa shape index (κ1) is 21.1. The van der Waals surface area contributed by atoms with E-state index < -0.39 is 69.4 Å². The molecule has 0 amide bonds. The molecule has 0 bridgehead atoms. The number of nitrogens with two attached hydrogens (primary N) is 2. The fraction of sp³-hybridized carbons (Fsp3) is 0.0526. The number of ether oxygens (including phenoxy) is 2. The van der Waals surface area contributed by atoms with Crippen LogP contribution < -0.4 is 20.9 Å². The van der Waals surface area contributed by atoms with Gasteiger partial charge >= 0.3 is 6.18 Å². The fourth-order valence-electron chi connectivity index (χ4n) is 2.46. The van der Waals surface area contributed by atoms with Crippen molar-refractivity contribution in [1.29, 1.82) is 0 Å². The average molecular weight is 432 g/mol. The van der Waals surface area contributed by atoms with Gasteiger partial charge in [0.05, 0.1) is 11.4 Å². The van der Waals surface area contributed by atoms with Crippen LogP contribution in [0, 0.1) is 23.3 Å². The molecular weight excluding hydrogens is 421 g/mol. The van der Waals surface area contributed by atoms with Gasteiger partial charge in [-0.25, -0.2) is 13.2 Å². The largest absolute Gasteiger partial charge is 0.451 e. The van der Waals surface area contributed by atoms with Gasteiger partial charge in [0.1, 0.15) is 11.4 Å². The van der Waals surface area contributed by atoms with E-state index in [1.807, 2.05) is 0 Å². The Kier molecular flexibility index (Phi) is 5.38. The second-order valence-corrected chi connectivity index (χ2v) is 5.90. The predicted molar refractivity (Wildman–Crippen MR) is 93.1 cm³/mol. The van der Waals surface area contributed by atoms with Gasteiger partial charge in [-0.2, -0.15) is 17.6 Å². The smallest absolute Gasteiger partial charge is 0.422 e. The minimum Gasteiger partial charge on any atom is -0.451 e. The lowest BCUT2D eigenvalue weighted by atomic mass is 10.1. The molecule has 0 aliphatic heterocycles. The van der Waals surface area contributed by atoms with Crippen LogP contribution >= 0.6 is 0 Å². The lowest BCUT2D eigenvalue weighted by molar-refractivity contribution is -0.141. The van der Waals surface area contributed by atoms with Gasteiger partial charge in [0, 0.05) is 6.07 Å². The molecule has 4 nitrogen and oxygen atoms in total. The van der Waals surface area contributed by atoms with Crippen LogP contribution in [0.15, 0.2) is 42.5 Å². The highest BCUT2D eigenvalue weighted by Crippen LogP contribution is 2.46. The van der Waals surface area contributed by atoms with Crippen LogP contribution in [0.3, 0.4) is 0 Å². The van der Waals surface area contributed by atoms with Gasteiger partial charge in [-0.05, 0) is 24.3 Å². The van der Waals surface area contributed by atoms with Gasteiger partial charge in [-0.1, -0.05) is 12.1 Å². The van der Waals surface area contributed by atoms with Crippen molar-refractivity contribution in [2.75, 3.05) is 11.5 Å². The molecule has 0 saturated heterocycles. The number of anilines is 2. The topological polar surface area (TPSA) is 70.5 Å². The summed E-state index contributed by atoms with van der Waals surface area (Å²) in [5.74, 6) is -10.7. The van der Waals surface area contributed by atoms with E-state index in [0.29, 0.717) is 0 Å². The number of nitrogen functional groups attached to an aromatic ring is 2. The highest BCUT2D eigenvalue weighted by molar-refractivity contribution is 5.53. The summed E-state index contributed by atoms with van der Waals surface area (Å²) >= 11 is 0. The number of alkyl halides is 3. The number of hydrogen-bond acceptors (Lipinski definition) is 4. The highest BCUT2D eigenvalue weighted by atomic mass is 19.4. The van der Waals surface area contributed by atoms with Crippen LogP contribution in [0.5, 0.6) is 23.0 Å². The minimum absolute atomic E-state index is 0.0589. The third-order valence-electron chi connectivity index (χ3n) is 3.84. The van der Waals surface area contributed by atoms with Crippen LogP contribution in [0.2, 0.25) is 0 Å². The van der Waals surface area contributed by atoms with E-state index in [9.17, 15) is 30.7 Å². The van der Waals surface area contributed by atoms with Crippen molar-refractivity contribution in [3.05, 3.63) is 71.3 Å². The molecule has 30 heavy (non-hydrogen) atoms. The number of halogens is 7. The summed E-state index contributed by atoms with van der Waals surface area (Å²) in [4.78, 5) is 0. The summed E-state index contributed by atoms with van der Waals surface area (Å²) in [6.07, 6.45) is -5.42. The molecule has 0 spiro atoms. The van der Waals surface area contributed by atoms with Crippen molar-refractivity contribution >= 4 is 11.4 Å². The Balaban J connectivity index is 2.18.